The zero-order chi connectivity index (χ0) is 25.9. The van der Waals surface area contributed by atoms with Gasteiger partial charge in [-0.05, 0) is 49.2 Å². The summed E-state index contributed by atoms with van der Waals surface area (Å²) in [6.45, 7) is 5.03. The SMILES string of the molecule is Cn1nc(-c2cscn2)cc1C(=O)N1CC2C(C1)C2Oc1cc(-c2ccc(F)cc2)cc(C(C)(C)N)n1. The number of hydrogen-bond acceptors (Lipinski definition) is 7. The molecular weight excluding hydrogens is 491 g/mol. The topological polar surface area (TPSA) is 99.2 Å². The molecule has 37 heavy (non-hydrogen) atoms. The van der Waals surface area contributed by atoms with Crippen LogP contribution in [0.15, 0.2) is 53.4 Å². The van der Waals surface area contributed by atoms with Crippen molar-refractivity contribution >= 4 is 17.2 Å². The molecule has 10 heteroatoms. The summed E-state index contributed by atoms with van der Waals surface area (Å²) >= 11 is 1.50. The average molecular weight is 519 g/mol. The molecule has 3 aromatic heterocycles. The lowest BCUT2D eigenvalue weighted by Crippen LogP contribution is -2.34. The summed E-state index contributed by atoms with van der Waals surface area (Å²) in [6.07, 6.45) is -0.00846. The number of amides is 1. The Balaban J connectivity index is 1.16. The number of benzene rings is 1. The first kappa shape index (κ1) is 23.7. The highest BCUT2D eigenvalue weighted by Gasteiger charge is 2.59. The number of rotatable bonds is 6. The second-order valence-electron chi connectivity index (χ2n) is 10.3. The fourth-order valence-electron chi connectivity index (χ4n) is 4.95. The Morgan fingerprint density at radius 2 is 1.84 bits per heavy atom. The summed E-state index contributed by atoms with van der Waals surface area (Å²) in [5.41, 5.74) is 11.9. The van der Waals surface area contributed by atoms with Gasteiger partial charge in [-0.15, -0.1) is 11.3 Å². The number of aromatic nitrogens is 4. The number of aryl methyl sites for hydroxylation is 1. The zero-order valence-electron chi connectivity index (χ0n) is 20.8. The first-order valence-corrected chi connectivity index (χ1v) is 13.1. The van der Waals surface area contributed by atoms with Gasteiger partial charge < -0.3 is 15.4 Å². The Morgan fingerprint density at radius 3 is 2.49 bits per heavy atom. The van der Waals surface area contributed by atoms with E-state index in [9.17, 15) is 9.18 Å². The van der Waals surface area contributed by atoms with Crippen LogP contribution in [0.2, 0.25) is 0 Å². The van der Waals surface area contributed by atoms with Gasteiger partial charge in [0.05, 0.1) is 16.7 Å². The zero-order valence-corrected chi connectivity index (χ0v) is 21.6. The number of carbonyl (C=O) groups is 1. The summed E-state index contributed by atoms with van der Waals surface area (Å²) in [5.74, 6) is 0.670. The molecule has 8 nitrogen and oxygen atoms in total. The van der Waals surface area contributed by atoms with E-state index in [4.69, 9.17) is 10.5 Å². The van der Waals surface area contributed by atoms with Crippen LogP contribution in [0.1, 0.15) is 30.0 Å². The predicted molar refractivity (Wildman–Crippen MR) is 138 cm³/mol. The average Bonchev–Trinajstić information content (AvgIpc) is 3.36. The van der Waals surface area contributed by atoms with Crippen molar-refractivity contribution in [3.63, 3.8) is 0 Å². The van der Waals surface area contributed by atoms with Crippen LogP contribution in [-0.4, -0.2) is 49.7 Å². The molecule has 2 aliphatic rings. The number of carbonyl (C=O) groups excluding carboxylic acids is 1. The van der Waals surface area contributed by atoms with E-state index in [0.717, 1.165) is 16.8 Å². The minimum atomic E-state index is -0.669. The molecule has 0 radical (unpaired) electrons. The number of thiazole rings is 1. The Hall–Kier alpha value is -3.63. The monoisotopic (exact) mass is 518 g/mol. The minimum absolute atomic E-state index is 0.00846. The third-order valence-electron chi connectivity index (χ3n) is 7.09. The molecule has 1 saturated heterocycles. The third kappa shape index (κ3) is 4.51. The van der Waals surface area contributed by atoms with Crippen LogP contribution in [0, 0.1) is 17.7 Å². The Labute approximate surface area is 217 Å². The lowest BCUT2D eigenvalue weighted by molar-refractivity contribution is 0.0740. The molecule has 1 aliphatic heterocycles. The van der Waals surface area contributed by atoms with Gasteiger partial charge in [-0.3, -0.25) is 9.48 Å². The standard InChI is InChI=1S/C27H27FN6O2S/c1-27(2,29)23-8-16(15-4-6-17(28)7-5-15)9-24(31-23)36-25-18-11-34(12-19(18)25)26(35)22-10-20(32-33(22)3)21-13-37-14-30-21/h4-10,13-14,18-19,25H,11-12,29H2,1-3H3. The molecule has 1 aromatic carbocycles. The number of piperidine rings is 1. The maximum Gasteiger partial charge on any atom is 0.272 e. The van der Waals surface area contributed by atoms with Gasteiger partial charge in [0.25, 0.3) is 5.91 Å². The highest BCUT2D eigenvalue weighted by molar-refractivity contribution is 7.07. The Morgan fingerprint density at radius 1 is 1.11 bits per heavy atom. The van der Waals surface area contributed by atoms with Gasteiger partial charge in [0.15, 0.2) is 0 Å². The normalized spacial score (nSPS) is 20.7. The fourth-order valence-corrected chi connectivity index (χ4v) is 5.50. The van der Waals surface area contributed by atoms with E-state index >= 15 is 0 Å². The van der Waals surface area contributed by atoms with Crippen molar-refractivity contribution in [3.05, 3.63) is 70.6 Å². The summed E-state index contributed by atoms with van der Waals surface area (Å²) in [5, 5.41) is 6.38. The highest BCUT2D eigenvalue weighted by Crippen LogP contribution is 2.48. The molecule has 4 aromatic rings. The van der Waals surface area contributed by atoms with E-state index < -0.39 is 5.54 Å². The summed E-state index contributed by atoms with van der Waals surface area (Å²) in [6, 6.07) is 11.9. The van der Waals surface area contributed by atoms with Crippen molar-refractivity contribution in [2.75, 3.05) is 13.1 Å². The van der Waals surface area contributed by atoms with Crippen molar-refractivity contribution in [1.29, 1.82) is 0 Å². The molecule has 2 N–H and O–H groups in total. The van der Waals surface area contributed by atoms with Crippen molar-refractivity contribution in [1.82, 2.24) is 24.6 Å². The Bertz CT molecular complexity index is 1450. The van der Waals surface area contributed by atoms with Gasteiger partial charge in [0.1, 0.15) is 29.0 Å². The Kier molecular flexibility index (Phi) is 5.61. The van der Waals surface area contributed by atoms with Crippen molar-refractivity contribution in [3.8, 4) is 28.4 Å². The van der Waals surface area contributed by atoms with Gasteiger partial charge in [0, 0.05) is 43.4 Å². The van der Waals surface area contributed by atoms with E-state index in [2.05, 4.69) is 15.1 Å². The molecule has 2 atom stereocenters. The second kappa shape index (κ2) is 8.74. The van der Waals surface area contributed by atoms with Crippen molar-refractivity contribution in [2.45, 2.75) is 25.5 Å². The molecular formula is C27H27FN6O2S. The minimum Gasteiger partial charge on any atom is -0.474 e. The number of likely N-dealkylation sites (tertiary alicyclic amines) is 1. The summed E-state index contributed by atoms with van der Waals surface area (Å²) in [7, 11) is 1.78. The van der Waals surface area contributed by atoms with Crippen molar-refractivity contribution in [2.24, 2.45) is 24.6 Å². The molecule has 190 valence electrons. The van der Waals surface area contributed by atoms with Crippen LogP contribution >= 0.6 is 11.3 Å². The van der Waals surface area contributed by atoms with Gasteiger partial charge in [-0.25, -0.2) is 14.4 Å². The molecule has 1 aliphatic carbocycles. The molecule has 2 unspecified atom stereocenters. The van der Waals surface area contributed by atoms with E-state index in [1.165, 1.54) is 23.5 Å². The van der Waals surface area contributed by atoms with Gasteiger partial charge >= 0.3 is 0 Å². The van der Waals surface area contributed by atoms with Crippen LogP contribution in [-0.2, 0) is 12.6 Å². The molecule has 2 fully saturated rings. The molecule has 6 rings (SSSR count). The number of fused-ring (bicyclic) bond motifs is 1. The van der Waals surface area contributed by atoms with E-state index in [1.54, 1.807) is 35.4 Å². The largest absolute Gasteiger partial charge is 0.474 e. The smallest absolute Gasteiger partial charge is 0.272 e. The quantitative estimate of drug-likeness (QED) is 0.413. The molecule has 1 saturated carbocycles. The lowest BCUT2D eigenvalue weighted by Gasteiger charge is -2.22. The number of ether oxygens (including phenoxy) is 1. The number of nitrogens with two attached hydrogens (primary N) is 1. The maximum atomic E-state index is 13.5. The fraction of sp³-hybridized carbons (Fsp3) is 0.333. The molecule has 1 amide bonds. The first-order chi connectivity index (χ1) is 17.7. The van der Waals surface area contributed by atoms with Crippen LogP contribution in [0.3, 0.4) is 0 Å². The third-order valence-corrected chi connectivity index (χ3v) is 7.68. The number of halogens is 1. The predicted octanol–water partition coefficient (Wildman–Crippen LogP) is 4.09. The number of pyridine rings is 1. The molecule has 0 spiro atoms. The van der Waals surface area contributed by atoms with E-state index in [0.29, 0.717) is 36.1 Å². The van der Waals surface area contributed by atoms with Gasteiger partial charge in [0.2, 0.25) is 5.88 Å². The molecule has 4 heterocycles. The van der Waals surface area contributed by atoms with Crippen LogP contribution < -0.4 is 10.5 Å². The van der Waals surface area contributed by atoms with E-state index in [-0.39, 0.29) is 29.7 Å². The number of hydrogen-bond donors (Lipinski definition) is 1. The second-order valence-corrected chi connectivity index (χ2v) is 11.1. The first-order valence-electron chi connectivity index (χ1n) is 12.1. The molecule has 0 bridgehead atoms. The van der Waals surface area contributed by atoms with E-state index in [1.807, 2.05) is 36.3 Å². The van der Waals surface area contributed by atoms with Crippen LogP contribution in [0.4, 0.5) is 4.39 Å². The van der Waals surface area contributed by atoms with Crippen molar-refractivity contribution < 1.29 is 13.9 Å². The van der Waals surface area contributed by atoms with Crippen LogP contribution in [0.25, 0.3) is 22.5 Å². The van der Waals surface area contributed by atoms with Gasteiger partial charge in [-0.2, -0.15) is 5.10 Å². The highest BCUT2D eigenvalue weighted by atomic mass is 32.1. The van der Waals surface area contributed by atoms with Crippen LogP contribution in [0.5, 0.6) is 5.88 Å². The summed E-state index contributed by atoms with van der Waals surface area (Å²) < 4.78 is 21.4. The lowest BCUT2D eigenvalue weighted by atomic mass is 9.97. The van der Waals surface area contributed by atoms with Gasteiger partial charge in [-0.1, -0.05) is 12.1 Å². The number of nitrogens with zero attached hydrogens (tertiary/aromatic N) is 5. The summed E-state index contributed by atoms with van der Waals surface area (Å²) in [4.78, 5) is 24.0. The maximum absolute atomic E-state index is 13.5.